The number of benzene rings is 2. The lowest BCUT2D eigenvalue weighted by Gasteiger charge is -2.13. The lowest BCUT2D eigenvalue weighted by Crippen LogP contribution is -2.30. The molecule has 8 heteroatoms. The molecule has 1 aliphatic heterocycles. The number of aromatic carboxylic acids is 1. The van der Waals surface area contributed by atoms with Crippen molar-refractivity contribution in [1.82, 2.24) is 10.2 Å². The molecule has 156 valence electrons. The third-order valence-corrected chi connectivity index (χ3v) is 4.44. The first-order valence-corrected chi connectivity index (χ1v) is 9.47. The predicted molar refractivity (Wildman–Crippen MR) is 107 cm³/mol. The van der Waals surface area contributed by atoms with E-state index in [4.69, 9.17) is 9.47 Å². The highest BCUT2D eigenvalue weighted by Crippen LogP contribution is 2.30. The fourth-order valence-electron chi connectivity index (χ4n) is 2.93. The summed E-state index contributed by atoms with van der Waals surface area (Å²) in [4.78, 5) is 36.0. The molecule has 1 saturated heterocycles. The number of imide groups is 1. The Bertz CT molecular complexity index is 997. The average molecular weight is 409 g/mol. The van der Waals surface area contributed by atoms with Crippen molar-refractivity contribution >= 4 is 24.0 Å². The van der Waals surface area contributed by atoms with E-state index < -0.39 is 12.0 Å². The molecule has 0 aromatic heterocycles. The highest BCUT2D eigenvalue weighted by atomic mass is 16.5. The molecular formula is C22H21N2O6-. The second-order valence-electron chi connectivity index (χ2n) is 6.45. The van der Waals surface area contributed by atoms with Crippen LogP contribution in [0.3, 0.4) is 0 Å². The molecule has 0 spiro atoms. The number of ether oxygens (including phenoxy) is 2. The number of urea groups is 1. The number of hydrogen-bond acceptors (Lipinski definition) is 6. The second-order valence-corrected chi connectivity index (χ2v) is 6.45. The van der Waals surface area contributed by atoms with Crippen molar-refractivity contribution in [3.63, 3.8) is 0 Å². The topological polar surface area (TPSA) is 108 Å². The first kappa shape index (κ1) is 20.9. The van der Waals surface area contributed by atoms with Gasteiger partial charge in [-0.1, -0.05) is 30.3 Å². The summed E-state index contributed by atoms with van der Waals surface area (Å²) in [6.45, 7) is 4.49. The molecule has 1 aliphatic rings. The van der Waals surface area contributed by atoms with Crippen LogP contribution in [0.15, 0.2) is 48.2 Å². The van der Waals surface area contributed by atoms with E-state index >= 15 is 0 Å². The molecule has 1 heterocycles. The molecule has 1 fully saturated rings. The highest BCUT2D eigenvalue weighted by Gasteiger charge is 2.32. The number of hydrogen-bond donors (Lipinski definition) is 1. The van der Waals surface area contributed by atoms with E-state index in [2.05, 4.69) is 5.32 Å². The van der Waals surface area contributed by atoms with Crippen molar-refractivity contribution < 1.29 is 29.0 Å². The molecule has 3 amide bonds. The molecule has 0 bridgehead atoms. The van der Waals surface area contributed by atoms with Gasteiger partial charge in [-0.3, -0.25) is 9.69 Å². The van der Waals surface area contributed by atoms with Crippen LogP contribution in [-0.2, 0) is 11.4 Å². The zero-order valence-corrected chi connectivity index (χ0v) is 16.6. The number of likely N-dealkylation sites (N-methyl/N-ethyl adjacent to an activating group) is 1. The number of nitrogens with one attached hydrogen (secondary N) is 1. The SMILES string of the molecule is CCOc1cc(C=C2NC(=O)N(CC)C2=O)ccc1OCc1ccc(C(=O)[O-])cc1. The van der Waals surface area contributed by atoms with Crippen LogP contribution in [-0.4, -0.2) is 36.0 Å². The van der Waals surface area contributed by atoms with Crippen molar-refractivity contribution in [2.24, 2.45) is 0 Å². The minimum absolute atomic E-state index is 0.0985. The van der Waals surface area contributed by atoms with E-state index in [0.29, 0.717) is 30.2 Å². The van der Waals surface area contributed by atoms with Gasteiger partial charge in [0.05, 0.1) is 12.6 Å². The number of carbonyl (C=O) groups is 3. The molecule has 2 aromatic carbocycles. The monoisotopic (exact) mass is 409 g/mol. The Morgan fingerprint density at radius 1 is 1.07 bits per heavy atom. The Labute approximate surface area is 173 Å². The molecule has 0 aliphatic carbocycles. The van der Waals surface area contributed by atoms with Crippen molar-refractivity contribution in [2.45, 2.75) is 20.5 Å². The third kappa shape index (κ3) is 4.60. The van der Waals surface area contributed by atoms with Crippen molar-refractivity contribution in [3.05, 3.63) is 64.9 Å². The molecule has 30 heavy (non-hydrogen) atoms. The quantitative estimate of drug-likeness (QED) is 0.527. The van der Waals surface area contributed by atoms with Gasteiger partial charge in [-0.25, -0.2) is 4.79 Å². The number of carboxylic acid groups (broad SMARTS) is 1. The van der Waals surface area contributed by atoms with Crippen LogP contribution >= 0.6 is 0 Å². The van der Waals surface area contributed by atoms with Gasteiger partial charge >= 0.3 is 6.03 Å². The molecular weight excluding hydrogens is 388 g/mol. The Morgan fingerprint density at radius 3 is 2.40 bits per heavy atom. The fraction of sp³-hybridized carbons (Fsp3) is 0.227. The zero-order valence-electron chi connectivity index (χ0n) is 16.6. The summed E-state index contributed by atoms with van der Waals surface area (Å²) in [5.74, 6) is -0.618. The van der Waals surface area contributed by atoms with Gasteiger partial charge < -0.3 is 24.7 Å². The molecule has 3 rings (SSSR count). The van der Waals surface area contributed by atoms with E-state index in [1.165, 1.54) is 12.1 Å². The average Bonchev–Trinajstić information content (AvgIpc) is 3.00. The summed E-state index contributed by atoms with van der Waals surface area (Å²) in [6.07, 6.45) is 1.58. The summed E-state index contributed by atoms with van der Waals surface area (Å²) in [5, 5.41) is 13.4. The van der Waals surface area contributed by atoms with Crippen molar-refractivity contribution in [2.75, 3.05) is 13.2 Å². The van der Waals surface area contributed by atoms with Gasteiger partial charge in [0.2, 0.25) is 0 Å². The van der Waals surface area contributed by atoms with Crippen LogP contribution in [0.5, 0.6) is 11.5 Å². The minimum Gasteiger partial charge on any atom is -0.545 e. The summed E-state index contributed by atoms with van der Waals surface area (Å²) >= 11 is 0. The van der Waals surface area contributed by atoms with Gasteiger partial charge in [-0.15, -0.1) is 0 Å². The van der Waals surface area contributed by atoms with Gasteiger partial charge in [0.1, 0.15) is 12.3 Å². The summed E-state index contributed by atoms with van der Waals surface area (Å²) in [6, 6.07) is 11.0. The van der Waals surface area contributed by atoms with E-state index in [-0.39, 0.29) is 23.8 Å². The standard InChI is InChI=1S/C22H22N2O6/c1-3-24-20(25)17(23-22(24)28)11-15-7-10-18(19(12-15)29-4-2)30-13-14-5-8-16(9-6-14)21(26)27/h5-12H,3-4,13H2,1-2H3,(H,23,28)(H,26,27)/p-1. The Hall–Kier alpha value is -3.81. The third-order valence-electron chi connectivity index (χ3n) is 4.44. The number of carbonyl (C=O) groups excluding carboxylic acids is 3. The predicted octanol–water partition coefficient (Wildman–Crippen LogP) is 1.94. The number of carboxylic acids is 1. The summed E-state index contributed by atoms with van der Waals surface area (Å²) in [5.41, 5.74) is 1.76. The lowest BCUT2D eigenvalue weighted by atomic mass is 10.1. The largest absolute Gasteiger partial charge is 0.545 e. The molecule has 2 aromatic rings. The Kier molecular flexibility index (Phi) is 6.36. The summed E-state index contributed by atoms with van der Waals surface area (Å²) in [7, 11) is 0. The van der Waals surface area contributed by atoms with Crippen molar-refractivity contribution in [3.8, 4) is 11.5 Å². The van der Waals surface area contributed by atoms with Gasteiger partial charge in [0.15, 0.2) is 11.5 Å². The van der Waals surface area contributed by atoms with E-state index in [0.717, 1.165) is 10.5 Å². The maximum absolute atomic E-state index is 12.2. The first-order chi connectivity index (χ1) is 14.4. The van der Waals surface area contributed by atoms with Crippen molar-refractivity contribution in [1.29, 1.82) is 0 Å². The Balaban J connectivity index is 1.76. The highest BCUT2D eigenvalue weighted by molar-refractivity contribution is 6.13. The minimum atomic E-state index is -1.23. The number of rotatable bonds is 8. The van der Waals surface area contributed by atoms with Crippen LogP contribution in [0, 0.1) is 0 Å². The van der Waals surface area contributed by atoms with Crippen LogP contribution in [0.1, 0.15) is 35.3 Å². The maximum atomic E-state index is 12.2. The molecule has 1 N–H and O–H groups in total. The Morgan fingerprint density at radius 2 is 1.80 bits per heavy atom. The zero-order chi connectivity index (χ0) is 21.7. The first-order valence-electron chi connectivity index (χ1n) is 9.47. The summed E-state index contributed by atoms with van der Waals surface area (Å²) < 4.78 is 11.5. The number of amides is 3. The van der Waals surface area contributed by atoms with Gasteiger partial charge in [0.25, 0.3) is 5.91 Å². The molecule has 0 radical (unpaired) electrons. The van der Waals surface area contributed by atoms with Gasteiger partial charge in [0, 0.05) is 6.54 Å². The maximum Gasteiger partial charge on any atom is 0.328 e. The van der Waals surface area contributed by atoms with E-state index in [1.807, 2.05) is 6.92 Å². The van der Waals surface area contributed by atoms with Crippen LogP contribution in [0.4, 0.5) is 4.79 Å². The van der Waals surface area contributed by atoms with E-state index in [1.54, 1.807) is 43.3 Å². The molecule has 8 nitrogen and oxygen atoms in total. The fourth-order valence-corrected chi connectivity index (χ4v) is 2.93. The van der Waals surface area contributed by atoms with Gasteiger partial charge in [-0.2, -0.15) is 0 Å². The van der Waals surface area contributed by atoms with Crippen LogP contribution in [0.25, 0.3) is 6.08 Å². The van der Waals surface area contributed by atoms with E-state index in [9.17, 15) is 19.5 Å². The smallest absolute Gasteiger partial charge is 0.328 e. The van der Waals surface area contributed by atoms with Crippen LogP contribution < -0.4 is 19.9 Å². The normalized spacial score (nSPS) is 14.7. The molecule has 0 unspecified atom stereocenters. The van der Waals surface area contributed by atoms with Crippen LogP contribution in [0.2, 0.25) is 0 Å². The number of nitrogens with zero attached hydrogens (tertiary/aromatic N) is 1. The van der Waals surface area contributed by atoms with Gasteiger partial charge in [-0.05, 0) is 48.7 Å². The lowest BCUT2D eigenvalue weighted by molar-refractivity contribution is -0.255. The molecule has 0 saturated carbocycles. The molecule has 0 atom stereocenters. The second kappa shape index (κ2) is 9.13.